The van der Waals surface area contributed by atoms with E-state index in [1.165, 1.54) is 10.7 Å². The zero-order valence-corrected chi connectivity index (χ0v) is 14.3. The number of amides is 1. The van der Waals surface area contributed by atoms with Crippen LogP contribution >= 0.6 is 0 Å². The molecular formula is C18H17N7O. The Morgan fingerprint density at radius 1 is 1.27 bits per heavy atom. The number of nitrogens with two attached hydrogens (primary N) is 1. The maximum atomic E-state index is 12.7. The van der Waals surface area contributed by atoms with Crippen LogP contribution in [0.5, 0.6) is 0 Å². The van der Waals surface area contributed by atoms with E-state index in [1.807, 2.05) is 32.0 Å². The third-order valence-electron chi connectivity index (χ3n) is 4.17. The van der Waals surface area contributed by atoms with Gasteiger partial charge in [-0.2, -0.15) is 10.2 Å². The molecule has 0 spiro atoms. The summed E-state index contributed by atoms with van der Waals surface area (Å²) >= 11 is 0. The van der Waals surface area contributed by atoms with Crippen molar-refractivity contribution in [3.63, 3.8) is 0 Å². The average molecular weight is 347 g/mol. The number of nitrogens with one attached hydrogen (secondary N) is 2. The standard InChI is InChI=1S/C18H17N7O/c1-10-3-4-11(2)12(7-10)16-14(9-20-24-16)22-18(26)13-8-21-25-6-5-15(19)23-17(13)25/h3-9H,1-2H3,(H2,19,23)(H,20,24)(H,22,26). The van der Waals surface area contributed by atoms with Crippen molar-refractivity contribution in [2.24, 2.45) is 0 Å². The smallest absolute Gasteiger partial charge is 0.261 e. The van der Waals surface area contributed by atoms with Gasteiger partial charge in [0.15, 0.2) is 5.65 Å². The molecule has 1 aromatic carbocycles. The van der Waals surface area contributed by atoms with Crippen molar-refractivity contribution in [3.8, 4) is 11.3 Å². The molecule has 4 N–H and O–H groups in total. The molecule has 0 aliphatic carbocycles. The number of hydrogen-bond acceptors (Lipinski definition) is 5. The first kappa shape index (κ1) is 15.8. The van der Waals surface area contributed by atoms with Gasteiger partial charge in [0.1, 0.15) is 17.1 Å². The zero-order chi connectivity index (χ0) is 18.3. The average Bonchev–Trinajstić information content (AvgIpc) is 3.23. The number of hydrogen-bond donors (Lipinski definition) is 3. The fourth-order valence-corrected chi connectivity index (χ4v) is 2.81. The molecular weight excluding hydrogens is 330 g/mol. The predicted octanol–water partition coefficient (Wildman–Crippen LogP) is 2.57. The molecule has 4 rings (SSSR count). The number of aryl methyl sites for hydroxylation is 2. The highest BCUT2D eigenvalue weighted by atomic mass is 16.1. The lowest BCUT2D eigenvalue weighted by atomic mass is 10.0. The second-order valence-corrected chi connectivity index (χ2v) is 6.10. The van der Waals surface area contributed by atoms with Crippen molar-refractivity contribution in [3.05, 3.63) is 59.5 Å². The summed E-state index contributed by atoms with van der Waals surface area (Å²) in [6.07, 6.45) is 4.78. The first-order chi connectivity index (χ1) is 12.5. The van der Waals surface area contributed by atoms with Gasteiger partial charge in [0.05, 0.1) is 11.9 Å². The summed E-state index contributed by atoms with van der Waals surface area (Å²) in [5, 5.41) is 14.1. The fourth-order valence-electron chi connectivity index (χ4n) is 2.81. The van der Waals surface area contributed by atoms with Crippen LogP contribution in [-0.4, -0.2) is 30.7 Å². The highest BCUT2D eigenvalue weighted by molar-refractivity contribution is 6.09. The number of fused-ring (bicyclic) bond motifs is 1. The van der Waals surface area contributed by atoms with Crippen LogP contribution in [0.15, 0.2) is 42.9 Å². The van der Waals surface area contributed by atoms with E-state index in [9.17, 15) is 4.79 Å². The van der Waals surface area contributed by atoms with Crippen LogP contribution in [0.4, 0.5) is 11.5 Å². The number of anilines is 2. The van der Waals surface area contributed by atoms with E-state index >= 15 is 0 Å². The van der Waals surface area contributed by atoms with Gasteiger partial charge in [-0.3, -0.25) is 9.89 Å². The van der Waals surface area contributed by atoms with Gasteiger partial charge in [0.25, 0.3) is 5.91 Å². The lowest BCUT2D eigenvalue weighted by Gasteiger charge is -2.08. The van der Waals surface area contributed by atoms with E-state index < -0.39 is 0 Å². The Hall–Kier alpha value is -3.68. The van der Waals surface area contributed by atoms with Crippen LogP contribution in [0.2, 0.25) is 0 Å². The Morgan fingerprint density at radius 2 is 2.12 bits per heavy atom. The van der Waals surface area contributed by atoms with Crippen LogP contribution in [0, 0.1) is 13.8 Å². The third kappa shape index (κ3) is 2.67. The maximum absolute atomic E-state index is 12.7. The maximum Gasteiger partial charge on any atom is 0.261 e. The molecule has 0 unspecified atom stereocenters. The van der Waals surface area contributed by atoms with Crippen molar-refractivity contribution >= 4 is 23.1 Å². The molecule has 3 aromatic heterocycles. The normalized spacial score (nSPS) is 11.0. The van der Waals surface area contributed by atoms with Gasteiger partial charge in [0.2, 0.25) is 0 Å². The molecule has 0 saturated heterocycles. The van der Waals surface area contributed by atoms with Gasteiger partial charge in [-0.25, -0.2) is 9.50 Å². The second-order valence-electron chi connectivity index (χ2n) is 6.10. The molecule has 0 atom stereocenters. The largest absolute Gasteiger partial charge is 0.384 e. The van der Waals surface area contributed by atoms with Gasteiger partial charge in [-0.1, -0.05) is 17.7 Å². The van der Waals surface area contributed by atoms with E-state index in [-0.39, 0.29) is 5.91 Å². The number of rotatable bonds is 3. The van der Waals surface area contributed by atoms with E-state index in [0.29, 0.717) is 28.4 Å². The van der Waals surface area contributed by atoms with Crippen LogP contribution in [0.25, 0.3) is 16.9 Å². The third-order valence-corrected chi connectivity index (χ3v) is 4.17. The summed E-state index contributed by atoms with van der Waals surface area (Å²) in [6.45, 7) is 4.02. The molecule has 4 aromatic rings. The molecule has 0 fully saturated rings. The molecule has 1 amide bonds. The summed E-state index contributed by atoms with van der Waals surface area (Å²) in [5.74, 6) is -0.00232. The minimum Gasteiger partial charge on any atom is -0.384 e. The highest BCUT2D eigenvalue weighted by Gasteiger charge is 2.18. The van der Waals surface area contributed by atoms with E-state index in [4.69, 9.17) is 5.73 Å². The summed E-state index contributed by atoms with van der Waals surface area (Å²) in [7, 11) is 0. The van der Waals surface area contributed by atoms with Crippen molar-refractivity contribution in [2.75, 3.05) is 11.1 Å². The van der Waals surface area contributed by atoms with Crippen molar-refractivity contribution < 1.29 is 4.79 Å². The SMILES string of the molecule is Cc1ccc(C)c(-c2n[nH]cc2NC(=O)c2cnn3ccc(N)nc23)c1. The number of nitrogen functional groups attached to an aromatic ring is 1. The van der Waals surface area contributed by atoms with Crippen LogP contribution < -0.4 is 11.1 Å². The van der Waals surface area contributed by atoms with Crippen molar-refractivity contribution in [2.45, 2.75) is 13.8 Å². The molecule has 0 radical (unpaired) electrons. The number of aromatic amines is 1. The molecule has 130 valence electrons. The number of aromatic nitrogens is 5. The highest BCUT2D eigenvalue weighted by Crippen LogP contribution is 2.29. The predicted molar refractivity (Wildman–Crippen MR) is 98.9 cm³/mol. The number of H-pyrrole nitrogens is 1. The topological polar surface area (TPSA) is 114 Å². The minimum absolute atomic E-state index is 0.325. The fraction of sp³-hybridized carbons (Fsp3) is 0.111. The molecule has 0 aliphatic heterocycles. The second kappa shape index (κ2) is 5.99. The summed E-state index contributed by atoms with van der Waals surface area (Å²) in [6, 6.07) is 7.73. The van der Waals surface area contributed by atoms with E-state index in [2.05, 4.69) is 25.6 Å². The number of benzene rings is 1. The summed E-state index contributed by atoms with van der Waals surface area (Å²) < 4.78 is 1.51. The summed E-state index contributed by atoms with van der Waals surface area (Å²) in [5.41, 5.74) is 10.9. The van der Waals surface area contributed by atoms with Gasteiger partial charge in [-0.05, 0) is 31.5 Å². The number of carbonyl (C=O) groups is 1. The molecule has 0 bridgehead atoms. The monoisotopic (exact) mass is 347 g/mol. The Morgan fingerprint density at radius 3 is 2.96 bits per heavy atom. The quantitative estimate of drug-likeness (QED) is 0.527. The van der Waals surface area contributed by atoms with Gasteiger partial charge in [0, 0.05) is 18.0 Å². The van der Waals surface area contributed by atoms with Gasteiger partial charge >= 0.3 is 0 Å². The van der Waals surface area contributed by atoms with Crippen molar-refractivity contribution in [1.82, 2.24) is 24.8 Å². The molecule has 0 aliphatic rings. The number of carbonyl (C=O) groups excluding carboxylic acids is 1. The van der Waals surface area contributed by atoms with E-state index in [1.54, 1.807) is 18.5 Å². The van der Waals surface area contributed by atoms with Crippen LogP contribution in [-0.2, 0) is 0 Å². The Labute approximate surface area is 149 Å². The first-order valence-corrected chi connectivity index (χ1v) is 8.05. The number of nitrogens with zero attached hydrogens (tertiary/aromatic N) is 4. The first-order valence-electron chi connectivity index (χ1n) is 8.05. The minimum atomic E-state index is -0.328. The molecule has 0 saturated carbocycles. The molecule has 8 nitrogen and oxygen atoms in total. The molecule has 3 heterocycles. The molecule has 26 heavy (non-hydrogen) atoms. The van der Waals surface area contributed by atoms with Gasteiger partial charge in [-0.15, -0.1) is 0 Å². The molecule has 8 heteroatoms. The Kier molecular flexibility index (Phi) is 3.65. The Bertz CT molecular complexity index is 1130. The zero-order valence-electron chi connectivity index (χ0n) is 14.3. The lowest BCUT2D eigenvalue weighted by Crippen LogP contribution is -2.12. The van der Waals surface area contributed by atoms with Crippen LogP contribution in [0.1, 0.15) is 21.5 Å². The van der Waals surface area contributed by atoms with Crippen LogP contribution in [0.3, 0.4) is 0 Å². The summed E-state index contributed by atoms with van der Waals surface area (Å²) in [4.78, 5) is 16.9. The lowest BCUT2D eigenvalue weighted by molar-refractivity contribution is 0.102. The van der Waals surface area contributed by atoms with Gasteiger partial charge < -0.3 is 11.1 Å². The van der Waals surface area contributed by atoms with Crippen molar-refractivity contribution in [1.29, 1.82) is 0 Å². The van der Waals surface area contributed by atoms with E-state index in [0.717, 1.165) is 16.7 Å². The Balaban J connectivity index is 1.70.